The molecule has 0 saturated carbocycles. The normalized spacial score (nSPS) is 19.9. The van der Waals surface area contributed by atoms with Crippen LogP contribution in [0.3, 0.4) is 0 Å². The first-order valence-corrected chi connectivity index (χ1v) is 10.0. The fourth-order valence-corrected chi connectivity index (χ4v) is 5.63. The Kier molecular flexibility index (Phi) is 3.95. The number of sulfonamides is 1. The zero-order valence-electron chi connectivity index (χ0n) is 12.8. The Hall–Kier alpha value is -1.35. The molecule has 24 heavy (non-hydrogen) atoms. The van der Waals surface area contributed by atoms with Gasteiger partial charge in [-0.2, -0.15) is 4.31 Å². The molecule has 1 aromatic carbocycles. The van der Waals surface area contributed by atoms with E-state index >= 15 is 0 Å². The lowest BCUT2D eigenvalue weighted by atomic mass is 10.0. The summed E-state index contributed by atoms with van der Waals surface area (Å²) in [5.74, 6) is -2.19. The fraction of sp³-hybridized carbons (Fsp3) is 0.375. The highest BCUT2D eigenvalue weighted by molar-refractivity contribution is 7.89. The highest BCUT2D eigenvalue weighted by atomic mass is 32.2. The molecule has 0 radical (unpaired) electrons. The summed E-state index contributed by atoms with van der Waals surface area (Å²) in [6, 6.07) is 5.01. The molecule has 8 heteroatoms. The van der Waals surface area contributed by atoms with Crippen LogP contribution in [0, 0.1) is 11.6 Å². The van der Waals surface area contributed by atoms with E-state index in [4.69, 9.17) is 0 Å². The maximum atomic E-state index is 13.3. The smallest absolute Gasteiger partial charge is 0.243 e. The number of thiophene rings is 1. The molecule has 2 aliphatic heterocycles. The maximum Gasteiger partial charge on any atom is 0.243 e. The molecule has 3 heterocycles. The van der Waals surface area contributed by atoms with Crippen LogP contribution in [0.2, 0.25) is 0 Å². The van der Waals surface area contributed by atoms with Gasteiger partial charge in [0, 0.05) is 37.1 Å². The summed E-state index contributed by atoms with van der Waals surface area (Å²) in [6.07, 6.45) is 0.999. The minimum Gasteiger partial charge on any atom is -0.293 e. The van der Waals surface area contributed by atoms with E-state index in [2.05, 4.69) is 16.3 Å². The lowest BCUT2D eigenvalue weighted by molar-refractivity contribution is 0.0775. The molecule has 0 aliphatic carbocycles. The number of halogens is 2. The van der Waals surface area contributed by atoms with Crippen LogP contribution < -0.4 is 0 Å². The van der Waals surface area contributed by atoms with Crippen LogP contribution in [0.4, 0.5) is 8.78 Å². The molecule has 0 atom stereocenters. The predicted octanol–water partition coefficient (Wildman–Crippen LogP) is 2.46. The molecular weight excluding hydrogens is 354 g/mol. The van der Waals surface area contributed by atoms with E-state index in [0.29, 0.717) is 13.1 Å². The summed E-state index contributed by atoms with van der Waals surface area (Å²) in [5.41, 5.74) is 1.33. The second kappa shape index (κ2) is 5.87. The Bertz CT molecular complexity index is 876. The van der Waals surface area contributed by atoms with Crippen molar-refractivity contribution in [3.63, 3.8) is 0 Å². The maximum absolute atomic E-state index is 13.3. The van der Waals surface area contributed by atoms with Gasteiger partial charge in [-0.3, -0.25) is 4.90 Å². The van der Waals surface area contributed by atoms with Gasteiger partial charge < -0.3 is 0 Å². The number of nitrogens with zero attached hydrogens (tertiary/aromatic N) is 2. The van der Waals surface area contributed by atoms with Gasteiger partial charge in [0.25, 0.3) is 0 Å². The monoisotopic (exact) mass is 370 g/mol. The Morgan fingerprint density at radius 1 is 1.12 bits per heavy atom. The average Bonchev–Trinajstić information content (AvgIpc) is 2.96. The fourth-order valence-electron chi connectivity index (χ4n) is 3.21. The molecule has 1 fully saturated rings. The molecule has 0 spiro atoms. The van der Waals surface area contributed by atoms with E-state index < -0.39 is 21.7 Å². The number of benzene rings is 1. The molecule has 0 bridgehead atoms. The lowest BCUT2D eigenvalue weighted by Gasteiger charge is -2.45. The molecule has 4 nitrogen and oxygen atoms in total. The lowest BCUT2D eigenvalue weighted by Crippen LogP contribution is -2.61. The molecule has 0 N–H and O–H groups in total. The van der Waals surface area contributed by atoms with E-state index in [1.165, 1.54) is 14.7 Å². The first-order valence-electron chi connectivity index (χ1n) is 7.69. The van der Waals surface area contributed by atoms with Gasteiger partial charge in [-0.15, -0.1) is 11.3 Å². The van der Waals surface area contributed by atoms with Crippen LogP contribution in [-0.4, -0.2) is 43.3 Å². The number of hydrogen-bond acceptors (Lipinski definition) is 4. The molecule has 1 aromatic heterocycles. The number of fused-ring (bicyclic) bond motifs is 1. The van der Waals surface area contributed by atoms with Gasteiger partial charge in [-0.1, -0.05) is 0 Å². The van der Waals surface area contributed by atoms with E-state index in [9.17, 15) is 17.2 Å². The predicted molar refractivity (Wildman–Crippen MR) is 87.3 cm³/mol. The zero-order chi connectivity index (χ0) is 16.9. The summed E-state index contributed by atoms with van der Waals surface area (Å²) in [5, 5.41) is 2.09. The van der Waals surface area contributed by atoms with Crippen molar-refractivity contribution >= 4 is 21.4 Å². The van der Waals surface area contributed by atoms with E-state index in [1.54, 1.807) is 11.3 Å². The summed E-state index contributed by atoms with van der Waals surface area (Å²) in [7, 11) is -3.76. The van der Waals surface area contributed by atoms with Crippen molar-refractivity contribution in [3.05, 3.63) is 51.7 Å². The largest absolute Gasteiger partial charge is 0.293 e. The third kappa shape index (κ3) is 2.67. The highest BCUT2D eigenvalue weighted by Crippen LogP contribution is 2.30. The Labute approximate surface area is 143 Å². The molecular formula is C16H16F2N2O2S2. The standard InChI is InChI=1S/C16H16F2N2O2S2/c17-14-2-1-13(7-15(14)18)24(21,22)20-9-12(10-20)19-5-3-16-11(8-19)4-6-23-16/h1-2,4,6-7,12H,3,5,8-10H2. The zero-order valence-corrected chi connectivity index (χ0v) is 14.4. The third-order valence-corrected chi connectivity index (χ3v) is 7.56. The summed E-state index contributed by atoms with van der Waals surface area (Å²) in [6.45, 7) is 2.56. The van der Waals surface area contributed by atoms with Crippen molar-refractivity contribution in [2.45, 2.75) is 23.9 Å². The summed E-state index contributed by atoms with van der Waals surface area (Å²) < 4.78 is 52.6. The van der Waals surface area contributed by atoms with Gasteiger partial charge in [0.2, 0.25) is 10.0 Å². The molecule has 2 aliphatic rings. The second-order valence-corrected chi connectivity index (χ2v) is 9.08. The first kappa shape index (κ1) is 16.1. The second-order valence-electron chi connectivity index (χ2n) is 6.14. The van der Waals surface area contributed by atoms with Gasteiger partial charge in [0.05, 0.1) is 4.90 Å². The summed E-state index contributed by atoms with van der Waals surface area (Å²) >= 11 is 1.77. The van der Waals surface area contributed by atoms with Crippen LogP contribution in [-0.2, 0) is 23.0 Å². The Morgan fingerprint density at radius 2 is 1.92 bits per heavy atom. The van der Waals surface area contributed by atoms with Crippen molar-refractivity contribution < 1.29 is 17.2 Å². The van der Waals surface area contributed by atoms with E-state index in [1.807, 2.05) is 0 Å². The topological polar surface area (TPSA) is 40.6 Å². The van der Waals surface area contributed by atoms with Crippen molar-refractivity contribution in [1.82, 2.24) is 9.21 Å². The van der Waals surface area contributed by atoms with Crippen LogP contribution in [0.5, 0.6) is 0 Å². The summed E-state index contributed by atoms with van der Waals surface area (Å²) in [4.78, 5) is 3.52. The minimum atomic E-state index is -3.76. The van der Waals surface area contributed by atoms with Crippen LogP contribution in [0.15, 0.2) is 34.5 Å². The van der Waals surface area contributed by atoms with Crippen LogP contribution in [0.25, 0.3) is 0 Å². The Morgan fingerprint density at radius 3 is 2.67 bits per heavy atom. The molecule has 2 aromatic rings. The molecule has 1 saturated heterocycles. The van der Waals surface area contributed by atoms with Crippen molar-refractivity contribution in [1.29, 1.82) is 0 Å². The van der Waals surface area contributed by atoms with Crippen LogP contribution >= 0.6 is 11.3 Å². The number of rotatable bonds is 3. The van der Waals surface area contributed by atoms with E-state index in [0.717, 1.165) is 37.7 Å². The first-order chi connectivity index (χ1) is 11.4. The quantitative estimate of drug-likeness (QED) is 0.833. The SMILES string of the molecule is O=S(=O)(c1ccc(F)c(F)c1)N1CC(N2CCc3sccc3C2)C1. The molecule has 0 amide bonds. The molecule has 4 rings (SSSR count). The van der Waals surface area contributed by atoms with Gasteiger partial charge in [-0.05, 0) is 41.6 Å². The minimum absolute atomic E-state index is 0.179. The van der Waals surface area contributed by atoms with Gasteiger partial charge in [0.1, 0.15) is 0 Å². The number of hydrogen-bond donors (Lipinski definition) is 0. The Balaban J connectivity index is 1.44. The highest BCUT2D eigenvalue weighted by Gasteiger charge is 2.40. The van der Waals surface area contributed by atoms with Crippen molar-refractivity contribution in [2.24, 2.45) is 0 Å². The average molecular weight is 370 g/mol. The van der Waals surface area contributed by atoms with Crippen molar-refractivity contribution in [3.8, 4) is 0 Å². The van der Waals surface area contributed by atoms with Gasteiger partial charge in [-0.25, -0.2) is 17.2 Å². The van der Waals surface area contributed by atoms with Crippen molar-refractivity contribution in [2.75, 3.05) is 19.6 Å². The van der Waals surface area contributed by atoms with Crippen LogP contribution in [0.1, 0.15) is 10.4 Å². The van der Waals surface area contributed by atoms with Gasteiger partial charge >= 0.3 is 0 Å². The third-order valence-electron chi connectivity index (χ3n) is 4.71. The molecule has 0 unspecified atom stereocenters. The molecule has 128 valence electrons. The van der Waals surface area contributed by atoms with E-state index in [-0.39, 0.29) is 10.9 Å². The van der Waals surface area contributed by atoms with Gasteiger partial charge in [0.15, 0.2) is 11.6 Å².